The second-order valence-corrected chi connectivity index (χ2v) is 7.41. The highest BCUT2D eigenvalue weighted by atomic mass is 32.2. The summed E-state index contributed by atoms with van der Waals surface area (Å²) >= 11 is 0. The maximum atomic E-state index is 11.8. The molecule has 112 valence electrons. The van der Waals surface area contributed by atoms with E-state index in [0.717, 1.165) is 18.9 Å². The monoisotopic (exact) mass is 321 g/mol. The third-order valence-electron chi connectivity index (χ3n) is 2.64. The van der Waals surface area contributed by atoms with Gasteiger partial charge >= 0.3 is 0 Å². The van der Waals surface area contributed by atoms with Gasteiger partial charge in [0.2, 0.25) is 10.0 Å². The molecule has 0 unspecified atom stereocenters. The van der Waals surface area contributed by atoms with Crippen molar-refractivity contribution in [2.75, 3.05) is 11.8 Å². The van der Waals surface area contributed by atoms with Gasteiger partial charge in [0.15, 0.2) is 0 Å². The fraction of sp³-hybridized carbons (Fsp3) is 0.400. The lowest BCUT2D eigenvalue weighted by Gasteiger charge is -2.13. The van der Waals surface area contributed by atoms with E-state index >= 15 is 0 Å². The van der Waals surface area contributed by atoms with Gasteiger partial charge in [-0.2, -0.15) is 13.1 Å². The highest BCUT2D eigenvalue weighted by Gasteiger charge is 2.27. The largest absolute Gasteiger partial charge is 0.495 e. The van der Waals surface area contributed by atoms with Crippen molar-refractivity contribution in [3.63, 3.8) is 0 Å². The molecule has 0 heterocycles. The van der Waals surface area contributed by atoms with Crippen LogP contribution in [0.3, 0.4) is 0 Å². The van der Waals surface area contributed by atoms with Crippen LogP contribution >= 0.6 is 0 Å². The van der Waals surface area contributed by atoms with Crippen molar-refractivity contribution >= 4 is 25.9 Å². The molecule has 0 aromatic heterocycles. The first-order chi connectivity index (χ1) is 9.21. The second kappa shape index (κ2) is 5.20. The number of nitrogens with one attached hydrogen (secondary N) is 2. The van der Waals surface area contributed by atoms with Crippen LogP contribution in [0.15, 0.2) is 23.1 Å². The standard InChI is InChI=1S/C10H15N3O5S2/c1-18-10-5-4-8(19(11,14)15)6-9(10)13-20(16,17)12-7-2-3-7/h4-7,12-13H,2-3H2,1H3,(H2,11,14,15). The summed E-state index contributed by atoms with van der Waals surface area (Å²) in [6.45, 7) is 0. The van der Waals surface area contributed by atoms with E-state index in [1.165, 1.54) is 19.2 Å². The molecule has 1 aromatic rings. The van der Waals surface area contributed by atoms with Crippen LogP contribution in [0, 0.1) is 0 Å². The van der Waals surface area contributed by atoms with Crippen molar-refractivity contribution in [1.82, 2.24) is 4.72 Å². The molecule has 8 nitrogen and oxygen atoms in total. The van der Waals surface area contributed by atoms with Crippen LogP contribution in [0.5, 0.6) is 5.75 Å². The highest BCUT2D eigenvalue weighted by molar-refractivity contribution is 7.90. The third-order valence-corrected chi connectivity index (χ3v) is 4.69. The van der Waals surface area contributed by atoms with Crippen LogP contribution in [-0.2, 0) is 20.2 Å². The van der Waals surface area contributed by atoms with E-state index in [1.807, 2.05) is 0 Å². The molecule has 1 fully saturated rings. The van der Waals surface area contributed by atoms with Gasteiger partial charge in [0.25, 0.3) is 10.2 Å². The molecule has 1 aliphatic carbocycles. The average molecular weight is 321 g/mol. The number of sulfonamides is 1. The topological polar surface area (TPSA) is 128 Å². The summed E-state index contributed by atoms with van der Waals surface area (Å²) in [5, 5.41) is 5.01. The Balaban J connectivity index is 2.33. The van der Waals surface area contributed by atoms with Gasteiger partial charge in [0.05, 0.1) is 17.7 Å². The summed E-state index contributed by atoms with van der Waals surface area (Å²) < 4.78 is 55.8. The Bertz CT molecular complexity index is 710. The number of hydrogen-bond donors (Lipinski definition) is 3. The Hall–Kier alpha value is -1.36. The SMILES string of the molecule is COc1ccc(S(N)(=O)=O)cc1NS(=O)(=O)NC1CC1. The Labute approximate surface area is 117 Å². The predicted octanol–water partition coefficient (Wildman–Crippen LogP) is -0.249. The first-order valence-electron chi connectivity index (χ1n) is 5.72. The maximum Gasteiger partial charge on any atom is 0.299 e. The zero-order chi connectivity index (χ0) is 15.0. The quantitative estimate of drug-likeness (QED) is 0.666. The molecule has 10 heteroatoms. The average Bonchev–Trinajstić information content (AvgIpc) is 3.10. The summed E-state index contributed by atoms with van der Waals surface area (Å²) in [5.41, 5.74) is 0.00664. The molecule has 1 aromatic carbocycles. The lowest BCUT2D eigenvalue weighted by molar-refractivity contribution is 0.416. The minimum Gasteiger partial charge on any atom is -0.495 e. The van der Waals surface area contributed by atoms with Gasteiger partial charge in [0, 0.05) is 6.04 Å². The van der Waals surface area contributed by atoms with Crippen LogP contribution < -0.4 is 19.3 Å². The molecule has 0 spiro atoms. The number of rotatable bonds is 6. The summed E-state index contributed by atoms with van der Waals surface area (Å²) in [6, 6.07) is 3.61. The minimum absolute atomic E-state index is 0.00664. The molecule has 0 bridgehead atoms. The van der Waals surface area contributed by atoms with E-state index in [-0.39, 0.29) is 22.4 Å². The van der Waals surface area contributed by atoms with E-state index in [2.05, 4.69) is 9.44 Å². The minimum atomic E-state index is -3.93. The Kier molecular flexibility index (Phi) is 3.91. The van der Waals surface area contributed by atoms with E-state index < -0.39 is 20.2 Å². The Morgan fingerprint density at radius 1 is 1.25 bits per heavy atom. The Morgan fingerprint density at radius 3 is 2.40 bits per heavy atom. The summed E-state index contributed by atoms with van der Waals surface area (Å²) in [6.07, 6.45) is 1.57. The number of methoxy groups -OCH3 is 1. The van der Waals surface area contributed by atoms with Crippen molar-refractivity contribution in [2.24, 2.45) is 5.14 Å². The van der Waals surface area contributed by atoms with E-state index in [9.17, 15) is 16.8 Å². The van der Waals surface area contributed by atoms with Gasteiger partial charge < -0.3 is 4.74 Å². The summed E-state index contributed by atoms with van der Waals surface area (Å²) in [4.78, 5) is -0.206. The molecule has 20 heavy (non-hydrogen) atoms. The number of ether oxygens (including phenoxy) is 1. The first kappa shape index (κ1) is 15.0. The number of benzene rings is 1. The predicted molar refractivity (Wildman–Crippen MR) is 73.1 cm³/mol. The highest BCUT2D eigenvalue weighted by Crippen LogP contribution is 2.28. The molecule has 0 atom stereocenters. The smallest absolute Gasteiger partial charge is 0.299 e. The lowest BCUT2D eigenvalue weighted by Crippen LogP contribution is -2.32. The molecule has 2 rings (SSSR count). The van der Waals surface area contributed by atoms with Crippen molar-refractivity contribution < 1.29 is 21.6 Å². The molecule has 1 aliphatic rings. The molecular weight excluding hydrogens is 306 g/mol. The first-order valence-corrected chi connectivity index (χ1v) is 8.75. The molecular formula is C10H15N3O5S2. The third kappa shape index (κ3) is 3.82. The van der Waals surface area contributed by atoms with Crippen LogP contribution in [0.2, 0.25) is 0 Å². The van der Waals surface area contributed by atoms with Crippen molar-refractivity contribution in [3.05, 3.63) is 18.2 Å². The number of nitrogens with two attached hydrogens (primary N) is 1. The van der Waals surface area contributed by atoms with Gasteiger partial charge in [-0.15, -0.1) is 0 Å². The molecule has 0 amide bonds. The zero-order valence-corrected chi connectivity index (χ0v) is 12.3. The molecule has 0 radical (unpaired) electrons. The van der Waals surface area contributed by atoms with E-state index in [4.69, 9.17) is 9.88 Å². The van der Waals surface area contributed by atoms with Crippen molar-refractivity contribution in [1.29, 1.82) is 0 Å². The fourth-order valence-electron chi connectivity index (χ4n) is 1.54. The van der Waals surface area contributed by atoms with Crippen LogP contribution in [0.1, 0.15) is 12.8 Å². The van der Waals surface area contributed by atoms with Gasteiger partial charge in [-0.1, -0.05) is 0 Å². The maximum absolute atomic E-state index is 11.8. The number of hydrogen-bond acceptors (Lipinski definition) is 5. The van der Waals surface area contributed by atoms with Gasteiger partial charge in [0.1, 0.15) is 5.75 Å². The molecule has 0 aliphatic heterocycles. The Morgan fingerprint density at radius 2 is 1.90 bits per heavy atom. The van der Waals surface area contributed by atoms with Crippen LogP contribution in [0.25, 0.3) is 0 Å². The van der Waals surface area contributed by atoms with Gasteiger partial charge in [-0.05, 0) is 31.0 Å². The lowest BCUT2D eigenvalue weighted by atomic mass is 10.3. The van der Waals surface area contributed by atoms with Gasteiger partial charge in [-0.3, -0.25) is 4.72 Å². The van der Waals surface area contributed by atoms with Crippen LogP contribution in [0.4, 0.5) is 5.69 Å². The number of primary sulfonamides is 1. The van der Waals surface area contributed by atoms with E-state index in [1.54, 1.807) is 0 Å². The van der Waals surface area contributed by atoms with Gasteiger partial charge in [-0.25, -0.2) is 13.6 Å². The zero-order valence-electron chi connectivity index (χ0n) is 10.7. The van der Waals surface area contributed by atoms with Crippen LogP contribution in [-0.4, -0.2) is 30.0 Å². The van der Waals surface area contributed by atoms with Crippen molar-refractivity contribution in [2.45, 2.75) is 23.8 Å². The second-order valence-electron chi connectivity index (χ2n) is 4.40. The summed E-state index contributed by atoms with van der Waals surface area (Å²) in [7, 11) is -6.36. The molecule has 0 saturated heterocycles. The number of anilines is 1. The fourth-order valence-corrected chi connectivity index (χ4v) is 3.26. The molecule has 4 N–H and O–H groups in total. The van der Waals surface area contributed by atoms with Crippen molar-refractivity contribution in [3.8, 4) is 5.75 Å². The van der Waals surface area contributed by atoms with E-state index in [0.29, 0.717) is 0 Å². The summed E-state index contributed by atoms with van der Waals surface area (Å²) in [5.74, 6) is 0.193. The normalized spacial score (nSPS) is 15.9. The molecule has 1 saturated carbocycles.